The molecule has 0 rings (SSSR count). The van der Waals surface area contributed by atoms with Crippen LogP contribution in [0.1, 0.15) is 0 Å². The molecule has 0 saturated heterocycles. The Labute approximate surface area is 246 Å². The molecule has 0 aliphatic carbocycles. The van der Waals surface area contributed by atoms with Gasteiger partial charge in [-0.2, -0.15) is 0 Å². The average molecular weight is 855 g/mol. The molecule has 46 heteroatoms. The second-order valence-corrected chi connectivity index (χ2v) is 9.76. The van der Waals surface area contributed by atoms with E-state index in [-0.39, 0.29) is 0 Å². The first kappa shape index (κ1) is 72.0. The minimum Gasteiger partial charge on any atom is -0.398 e. The van der Waals surface area contributed by atoms with Crippen molar-refractivity contribution in [3.63, 3.8) is 0 Å². The maximum Gasteiger partial charge on any atom is 0.674 e. The lowest BCUT2D eigenvalue weighted by molar-refractivity contribution is 0.320. The van der Waals surface area contributed by atoms with Gasteiger partial charge < -0.3 is 40.2 Å². The van der Waals surface area contributed by atoms with Crippen LogP contribution in [0.4, 0.5) is 42.4 Å². The molecule has 0 aromatic rings. The van der Waals surface area contributed by atoms with Gasteiger partial charge in [-0.1, -0.05) is 0 Å². The Morgan fingerprint density at radius 2 is 0.261 bits per heavy atom. The van der Waals surface area contributed by atoms with Crippen molar-refractivity contribution >= 4 is 77.0 Å². The van der Waals surface area contributed by atoms with Crippen LogP contribution in [0.2, 0.25) is 0 Å². The van der Waals surface area contributed by atoms with Gasteiger partial charge in [-0.25, -0.2) is 27.4 Å². The van der Waals surface area contributed by atoms with E-state index in [1.807, 2.05) is 0 Å². The zero-order chi connectivity index (χ0) is 41.3. The molecule has 0 amide bonds. The SMILES string of the molecule is O=P(O)(O)F.O=P(O)(O)F.O=P(O)(O)F.O=P(O)(O)F.O=P(O)(O)F.O=P(O)(O)F.OB(O)F.OB(O)F.OB(O)F.OB(O)F. The summed E-state index contributed by atoms with van der Waals surface area (Å²) in [6, 6.07) is 0. The number of halogens is 10. The Morgan fingerprint density at radius 3 is 0.261 bits per heavy atom. The molecule has 0 aromatic carbocycles. The van der Waals surface area contributed by atoms with E-state index < -0.39 is 77.0 Å². The van der Waals surface area contributed by atoms with Crippen LogP contribution >= 0.6 is 47.4 Å². The lowest BCUT2D eigenvalue weighted by Gasteiger charge is -1.78. The molecule has 0 aromatic heterocycles. The molecule has 0 aliphatic heterocycles. The van der Waals surface area contributed by atoms with Gasteiger partial charge in [0, 0.05) is 0 Å². The van der Waals surface area contributed by atoms with Crippen LogP contribution in [0.3, 0.4) is 0 Å². The first-order valence-electron chi connectivity index (χ1n) is 7.45. The van der Waals surface area contributed by atoms with E-state index in [2.05, 4.69) is 0 Å². The van der Waals surface area contributed by atoms with Gasteiger partial charge in [-0.3, -0.25) is 76.0 Å². The van der Waals surface area contributed by atoms with Gasteiger partial charge in [0.05, 0.1) is 0 Å². The van der Waals surface area contributed by atoms with Crippen molar-refractivity contribution < 1.29 is 169 Å². The quantitative estimate of drug-likeness (QED) is 0.0627. The molecule has 20 N–H and O–H groups in total. The fraction of sp³-hybridized carbons (Fsp3) is 0. The van der Waals surface area contributed by atoms with Crippen LogP contribution < -0.4 is 0 Å². The molecular formula is H20B4F10O26P6. The number of hydrogen-bond donors (Lipinski definition) is 20. The smallest absolute Gasteiger partial charge is 0.398 e. The third kappa shape index (κ3) is 4210000. The van der Waals surface area contributed by atoms with Crippen molar-refractivity contribution in [1.29, 1.82) is 0 Å². The van der Waals surface area contributed by atoms with Crippen molar-refractivity contribution in [3.05, 3.63) is 0 Å². The second kappa shape index (κ2) is 37.9. The first-order valence-corrected chi connectivity index (χ1v) is 16.5. The third-order valence-electron chi connectivity index (χ3n) is 0. The predicted molar refractivity (Wildman–Crippen MR) is 124 cm³/mol. The molecule has 0 spiro atoms. The van der Waals surface area contributed by atoms with E-state index in [1.165, 1.54) is 0 Å². The van der Waals surface area contributed by atoms with Crippen LogP contribution in [0.25, 0.3) is 0 Å². The van der Waals surface area contributed by atoms with E-state index in [0.717, 1.165) is 0 Å². The summed E-state index contributed by atoms with van der Waals surface area (Å²) >= 11 is 0. The van der Waals surface area contributed by atoms with E-state index in [0.29, 0.717) is 0 Å². The highest BCUT2D eigenvalue weighted by atomic mass is 31.2. The predicted octanol–water partition coefficient (Wildman–Crippen LogP) is -4.01. The Hall–Kier alpha value is 0.140. The number of hydrogen-bond acceptors (Lipinski definition) is 14. The van der Waals surface area contributed by atoms with Gasteiger partial charge in [0.1, 0.15) is 0 Å². The van der Waals surface area contributed by atoms with Crippen LogP contribution in [0.5, 0.6) is 0 Å². The standard InChI is InChI=1S/4BFH2O2.6FH2O3P/c4*2-1(3)4;6*1-5(2,3)4/h4*3-4H;6*(H2,2,3,4). The fourth-order valence-corrected chi connectivity index (χ4v) is 0. The zero-order valence-corrected chi connectivity index (χ0v) is 25.5. The normalized spacial score (nSPS) is 10.0. The van der Waals surface area contributed by atoms with Gasteiger partial charge >= 0.3 is 77.0 Å². The summed E-state index contributed by atoms with van der Waals surface area (Å²) in [7, 11) is -41.5. The highest BCUT2D eigenvalue weighted by Crippen LogP contribution is 2.37. The van der Waals surface area contributed by atoms with E-state index in [4.69, 9.17) is 126 Å². The molecule has 0 saturated carbocycles. The van der Waals surface area contributed by atoms with E-state index in [9.17, 15) is 42.4 Å². The minimum atomic E-state index is -5.14. The van der Waals surface area contributed by atoms with Gasteiger partial charge in [-0.05, 0) is 0 Å². The largest absolute Gasteiger partial charge is 0.674 e. The highest BCUT2D eigenvalue weighted by molar-refractivity contribution is 7.46. The molecule has 0 bridgehead atoms. The van der Waals surface area contributed by atoms with Crippen LogP contribution in [0.15, 0.2) is 0 Å². The Morgan fingerprint density at radius 1 is 0.261 bits per heavy atom. The fourth-order valence-electron chi connectivity index (χ4n) is 0. The maximum atomic E-state index is 10.4. The second-order valence-electron chi connectivity index (χ2n) is 4.08. The number of rotatable bonds is 0. The topological polar surface area (TPSA) is 507 Å². The Kier molecular flexibility index (Phi) is 59.4. The van der Waals surface area contributed by atoms with Crippen molar-refractivity contribution in [2.75, 3.05) is 0 Å². The molecule has 0 aliphatic rings. The third-order valence-corrected chi connectivity index (χ3v) is 0. The van der Waals surface area contributed by atoms with E-state index in [1.54, 1.807) is 0 Å². The molecular weight excluding hydrogens is 835 g/mol. The van der Waals surface area contributed by atoms with Gasteiger partial charge in [0.15, 0.2) is 0 Å². The first-order chi connectivity index (χ1) is 18.9. The summed E-state index contributed by atoms with van der Waals surface area (Å²) in [4.78, 5) is 83.6. The maximum absolute atomic E-state index is 10.4. The minimum absolute atomic E-state index is 2.67. The molecule has 46 heavy (non-hydrogen) atoms. The molecule has 288 valence electrons. The zero-order valence-electron chi connectivity index (χ0n) is 20.2. The van der Waals surface area contributed by atoms with Gasteiger partial charge in [0.2, 0.25) is 0 Å². The van der Waals surface area contributed by atoms with Crippen molar-refractivity contribution in [1.82, 2.24) is 0 Å². The molecule has 0 unspecified atom stereocenters. The van der Waals surface area contributed by atoms with Crippen molar-refractivity contribution in [2.45, 2.75) is 0 Å². The van der Waals surface area contributed by atoms with E-state index >= 15 is 0 Å². The Bertz CT molecular complexity index is 644. The highest BCUT2D eigenvalue weighted by Gasteiger charge is 2.07. The monoisotopic (exact) mass is 856 g/mol. The summed E-state index contributed by atoms with van der Waals surface area (Å²) in [5, 5.41) is 55.6. The summed E-state index contributed by atoms with van der Waals surface area (Å²) in [6.07, 6.45) is 0. The van der Waals surface area contributed by atoms with Crippen molar-refractivity contribution in [2.24, 2.45) is 0 Å². The van der Waals surface area contributed by atoms with Gasteiger partial charge in [-0.15, -0.1) is 25.2 Å². The summed E-state index contributed by atoms with van der Waals surface area (Å²) < 4.78 is 155. The summed E-state index contributed by atoms with van der Waals surface area (Å²) in [6.45, 7) is 0. The summed E-state index contributed by atoms with van der Waals surface area (Å²) in [5.74, 6) is 0. The van der Waals surface area contributed by atoms with Crippen molar-refractivity contribution in [3.8, 4) is 0 Å². The van der Waals surface area contributed by atoms with Crippen LogP contribution in [-0.4, -0.2) is 128 Å². The summed E-state index contributed by atoms with van der Waals surface area (Å²) in [5.41, 5.74) is 0. The van der Waals surface area contributed by atoms with Crippen LogP contribution in [0, 0.1) is 0 Å². The van der Waals surface area contributed by atoms with Crippen LogP contribution in [-0.2, 0) is 27.4 Å². The lowest BCUT2D eigenvalue weighted by Crippen LogP contribution is -1.98. The molecule has 0 fully saturated rings. The molecule has 26 nitrogen and oxygen atoms in total. The average Bonchev–Trinajstić information content (AvgIpc) is 2.40. The van der Waals surface area contributed by atoms with Gasteiger partial charge in [0.25, 0.3) is 0 Å². The molecule has 0 atom stereocenters. The lowest BCUT2D eigenvalue weighted by atomic mass is 10.3. The molecule has 0 heterocycles. The molecule has 0 radical (unpaired) electrons. The Balaban J connectivity index is -0.0000000392.